The Bertz CT molecular complexity index is 656. The van der Waals surface area contributed by atoms with E-state index in [0.29, 0.717) is 0 Å². The van der Waals surface area contributed by atoms with Crippen molar-refractivity contribution in [3.05, 3.63) is 53.8 Å². The van der Waals surface area contributed by atoms with Crippen LogP contribution in [0.25, 0.3) is 11.1 Å². The molecule has 3 rings (SSSR count). The zero-order chi connectivity index (χ0) is 13.5. The summed E-state index contributed by atoms with van der Waals surface area (Å²) in [6.07, 6.45) is 2.91. The van der Waals surface area contributed by atoms with Gasteiger partial charge in [-0.25, -0.2) is 4.39 Å². The van der Waals surface area contributed by atoms with Crippen molar-refractivity contribution in [1.82, 2.24) is 0 Å². The van der Waals surface area contributed by atoms with E-state index in [9.17, 15) is 4.39 Å². The van der Waals surface area contributed by atoms with Gasteiger partial charge in [0.15, 0.2) is 0 Å². The predicted molar refractivity (Wildman–Crippen MR) is 77.6 cm³/mol. The minimum atomic E-state index is -0.201. The molecule has 1 heterocycles. The molecule has 1 aliphatic rings. The summed E-state index contributed by atoms with van der Waals surface area (Å²) in [4.78, 5) is 4.44. The molecule has 0 spiro atoms. The maximum Gasteiger partial charge on any atom is 0.123 e. The zero-order valence-corrected chi connectivity index (χ0v) is 11.2. The average molecular weight is 253 g/mol. The van der Waals surface area contributed by atoms with Crippen LogP contribution in [0.2, 0.25) is 0 Å². The van der Waals surface area contributed by atoms with Gasteiger partial charge in [0.05, 0.1) is 5.69 Å². The third-order valence-corrected chi connectivity index (χ3v) is 3.72. The first kappa shape index (κ1) is 12.1. The number of hydrogen-bond donors (Lipinski definition) is 0. The Kier molecular flexibility index (Phi) is 2.74. The van der Waals surface area contributed by atoms with Gasteiger partial charge in [0, 0.05) is 6.21 Å². The van der Waals surface area contributed by atoms with Crippen LogP contribution in [-0.4, -0.2) is 6.21 Å². The SMILES string of the molecule is CC1(C)CC=Nc2ccc(-c3cccc(F)c3)cc21. The fourth-order valence-corrected chi connectivity index (χ4v) is 2.52. The number of rotatable bonds is 1. The summed E-state index contributed by atoms with van der Waals surface area (Å²) in [7, 11) is 0. The van der Waals surface area contributed by atoms with Gasteiger partial charge in [-0.1, -0.05) is 32.0 Å². The van der Waals surface area contributed by atoms with Crippen molar-refractivity contribution in [2.24, 2.45) is 4.99 Å². The number of fused-ring (bicyclic) bond motifs is 1. The highest BCUT2D eigenvalue weighted by molar-refractivity contribution is 5.75. The molecular formula is C17H16FN. The van der Waals surface area contributed by atoms with Crippen molar-refractivity contribution in [3.63, 3.8) is 0 Å². The molecule has 0 N–H and O–H groups in total. The van der Waals surface area contributed by atoms with Crippen LogP contribution >= 0.6 is 0 Å². The average Bonchev–Trinajstić information content (AvgIpc) is 2.38. The molecule has 1 nitrogen and oxygen atoms in total. The lowest BCUT2D eigenvalue weighted by atomic mass is 9.78. The Morgan fingerprint density at radius 3 is 2.63 bits per heavy atom. The quantitative estimate of drug-likeness (QED) is 0.687. The highest BCUT2D eigenvalue weighted by atomic mass is 19.1. The van der Waals surface area contributed by atoms with Gasteiger partial charge in [-0.05, 0) is 52.8 Å². The molecule has 2 aromatic rings. The molecule has 2 aromatic carbocycles. The molecule has 0 fully saturated rings. The second-order valence-electron chi connectivity index (χ2n) is 5.64. The molecule has 0 radical (unpaired) electrons. The van der Waals surface area contributed by atoms with Crippen LogP contribution in [0.15, 0.2) is 47.5 Å². The first-order chi connectivity index (χ1) is 9.06. The van der Waals surface area contributed by atoms with Crippen LogP contribution in [0.5, 0.6) is 0 Å². The van der Waals surface area contributed by atoms with E-state index in [1.165, 1.54) is 11.6 Å². The minimum absolute atomic E-state index is 0.0837. The lowest BCUT2D eigenvalue weighted by Gasteiger charge is -2.28. The molecule has 0 amide bonds. The van der Waals surface area contributed by atoms with Gasteiger partial charge in [0.1, 0.15) is 5.82 Å². The van der Waals surface area contributed by atoms with Crippen molar-refractivity contribution in [2.75, 3.05) is 0 Å². The van der Waals surface area contributed by atoms with E-state index >= 15 is 0 Å². The van der Waals surface area contributed by atoms with Gasteiger partial charge in [0.2, 0.25) is 0 Å². The molecule has 0 aliphatic carbocycles. The summed E-state index contributed by atoms with van der Waals surface area (Å²) in [5.74, 6) is -0.201. The van der Waals surface area contributed by atoms with Gasteiger partial charge in [-0.2, -0.15) is 0 Å². The molecule has 0 saturated heterocycles. The molecule has 0 unspecified atom stereocenters. The fraction of sp³-hybridized carbons (Fsp3) is 0.235. The van der Waals surface area contributed by atoms with Crippen LogP contribution in [0, 0.1) is 5.82 Å². The van der Waals surface area contributed by atoms with Gasteiger partial charge in [-0.3, -0.25) is 4.99 Å². The molecule has 0 bridgehead atoms. The van der Waals surface area contributed by atoms with Crippen molar-refractivity contribution in [1.29, 1.82) is 0 Å². The molecular weight excluding hydrogens is 237 g/mol. The molecule has 1 aliphatic heterocycles. The van der Waals surface area contributed by atoms with Crippen molar-refractivity contribution in [2.45, 2.75) is 25.7 Å². The van der Waals surface area contributed by atoms with E-state index in [2.05, 4.69) is 24.9 Å². The van der Waals surface area contributed by atoms with E-state index in [0.717, 1.165) is 23.2 Å². The van der Waals surface area contributed by atoms with E-state index in [4.69, 9.17) is 0 Å². The standard InChI is InChI=1S/C17H16FN/c1-17(2)8-9-19-16-7-6-13(11-15(16)17)12-4-3-5-14(18)10-12/h3-7,9-11H,8H2,1-2H3. The Balaban J connectivity index is 2.14. The molecule has 0 saturated carbocycles. The Hall–Kier alpha value is -1.96. The van der Waals surface area contributed by atoms with Crippen molar-refractivity contribution in [3.8, 4) is 11.1 Å². The van der Waals surface area contributed by atoms with Gasteiger partial charge in [0.25, 0.3) is 0 Å². The summed E-state index contributed by atoms with van der Waals surface area (Å²) >= 11 is 0. The third-order valence-electron chi connectivity index (χ3n) is 3.72. The van der Waals surface area contributed by atoms with Crippen molar-refractivity contribution >= 4 is 11.9 Å². The highest BCUT2D eigenvalue weighted by Gasteiger charge is 2.25. The monoisotopic (exact) mass is 253 g/mol. The highest BCUT2D eigenvalue weighted by Crippen LogP contribution is 2.39. The Labute approximate surface area is 112 Å². The van der Waals surface area contributed by atoms with Crippen LogP contribution in [0.4, 0.5) is 10.1 Å². The van der Waals surface area contributed by atoms with E-state index in [-0.39, 0.29) is 11.2 Å². The topological polar surface area (TPSA) is 12.4 Å². The van der Waals surface area contributed by atoms with Crippen LogP contribution in [-0.2, 0) is 5.41 Å². The van der Waals surface area contributed by atoms with Crippen LogP contribution in [0.3, 0.4) is 0 Å². The summed E-state index contributed by atoms with van der Waals surface area (Å²) < 4.78 is 13.3. The maximum absolute atomic E-state index is 13.3. The number of hydrogen-bond acceptors (Lipinski definition) is 1. The fourth-order valence-electron chi connectivity index (χ4n) is 2.52. The normalized spacial score (nSPS) is 16.2. The Morgan fingerprint density at radius 1 is 1.05 bits per heavy atom. The predicted octanol–water partition coefficient (Wildman–Crippen LogP) is 4.88. The number of nitrogens with zero attached hydrogens (tertiary/aromatic N) is 1. The smallest absolute Gasteiger partial charge is 0.123 e. The van der Waals surface area contributed by atoms with Gasteiger partial charge in [-0.15, -0.1) is 0 Å². The number of aliphatic imine (C=N–C) groups is 1. The van der Waals surface area contributed by atoms with Gasteiger partial charge < -0.3 is 0 Å². The molecule has 96 valence electrons. The lowest BCUT2D eigenvalue weighted by Crippen LogP contribution is -2.20. The van der Waals surface area contributed by atoms with Gasteiger partial charge >= 0.3 is 0 Å². The summed E-state index contributed by atoms with van der Waals surface area (Å²) in [5.41, 5.74) is 4.30. The molecule has 0 aromatic heterocycles. The van der Waals surface area contributed by atoms with Crippen LogP contribution in [0.1, 0.15) is 25.8 Å². The molecule has 19 heavy (non-hydrogen) atoms. The largest absolute Gasteiger partial charge is 0.261 e. The van der Waals surface area contributed by atoms with E-state index in [1.54, 1.807) is 12.1 Å². The molecule has 2 heteroatoms. The van der Waals surface area contributed by atoms with E-state index < -0.39 is 0 Å². The number of benzene rings is 2. The zero-order valence-electron chi connectivity index (χ0n) is 11.2. The number of halogens is 1. The third kappa shape index (κ3) is 2.19. The first-order valence-corrected chi connectivity index (χ1v) is 6.49. The van der Waals surface area contributed by atoms with E-state index in [1.807, 2.05) is 24.4 Å². The summed E-state index contributed by atoms with van der Waals surface area (Å²) in [5, 5.41) is 0. The van der Waals surface area contributed by atoms with Crippen LogP contribution < -0.4 is 0 Å². The lowest BCUT2D eigenvalue weighted by molar-refractivity contribution is 0.549. The second-order valence-corrected chi connectivity index (χ2v) is 5.64. The first-order valence-electron chi connectivity index (χ1n) is 6.49. The summed E-state index contributed by atoms with van der Waals surface area (Å²) in [6, 6.07) is 12.9. The maximum atomic E-state index is 13.3. The van der Waals surface area contributed by atoms with Crippen molar-refractivity contribution < 1.29 is 4.39 Å². The minimum Gasteiger partial charge on any atom is -0.261 e. The summed E-state index contributed by atoms with van der Waals surface area (Å²) in [6.45, 7) is 4.43. The second kappa shape index (κ2) is 4.30. The Morgan fingerprint density at radius 2 is 1.84 bits per heavy atom. The molecule has 0 atom stereocenters.